The molecule has 0 saturated carbocycles. The Hall–Kier alpha value is -2.71. The molecule has 3 heterocycles. The van der Waals surface area contributed by atoms with E-state index in [2.05, 4.69) is 9.97 Å². The summed E-state index contributed by atoms with van der Waals surface area (Å²) in [6.07, 6.45) is 6.16. The summed E-state index contributed by atoms with van der Waals surface area (Å²) in [6.45, 7) is 1.90. The number of sulfonamides is 1. The molecule has 8 heteroatoms. The molecule has 7 nitrogen and oxygen atoms in total. The third-order valence-electron chi connectivity index (χ3n) is 4.34. The van der Waals surface area contributed by atoms with Crippen molar-refractivity contribution >= 4 is 10.0 Å². The highest BCUT2D eigenvalue weighted by Gasteiger charge is 2.40. The molecule has 0 amide bonds. The van der Waals surface area contributed by atoms with E-state index in [9.17, 15) is 8.42 Å². The van der Waals surface area contributed by atoms with Crippen LogP contribution < -0.4 is 4.74 Å². The summed E-state index contributed by atoms with van der Waals surface area (Å²) in [6, 6.07) is 8.64. The highest BCUT2D eigenvalue weighted by molar-refractivity contribution is 7.89. The summed E-state index contributed by atoms with van der Waals surface area (Å²) in [7, 11) is -3.42. The molecule has 1 atom stereocenters. The summed E-state index contributed by atoms with van der Waals surface area (Å²) >= 11 is 0. The Morgan fingerprint density at radius 3 is 2.81 bits per heavy atom. The second-order valence-electron chi connectivity index (χ2n) is 5.90. The summed E-state index contributed by atoms with van der Waals surface area (Å²) in [5, 5.41) is 0. The van der Waals surface area contributed by atoms with E-state index in [4.69, 9.17) is 9.15 Å². The van der Waals surface area contributed by atoms with Crippen LogP contribution in [0, 0.1) is 0 Å². The average Bonchev–Trinajstić information content (AvgIpc) is 3.29. The van der Waals surface area contributed by atoms with E-state index < -0.39 is 16.1 Å². The van der Waals surface area contributed by atoms with Gasteiger partial charge in [-0.05, 0) is 42.3 Å². The first-order valence-electron chi connectivity index (χ1n) is 8.17. The van der Waals surface area contributed by atoms with E-state index in [-0.39, 0.29) is 12.3 Å². The molecule has 0 fully saturated rings. The van der Waals surface area contributed by atoms with Crippen molar-refractivity contribution in [3.05, 3.63) is 72.2 Å². The highest BCUT2D eigenvalue weighted by atomic mass is 32.2. The van der Waals surface area contributed by atoms with Crippen molar-refractivity contribution in [2.75, 3.05) is 5.75 Å². The molecule has 0 unspecified atom stereocenters. The summed E-state index contributed by atoms with van der Waals surface area (Å²) in [5.74, 6) is 1.77. The van der Waals surface area contributed by atoms with E-state index in [1.807, 2.05) is 24.3 Å². The molecule has 0 radical (unpaired) electrons. The lowest BCUT2D eigenvalue weighted by Crippen LogP contribution is -2.31. The van der Waals surface area contributed by atoms with Crippen molar-refractivity contribution in [1.82, 2.24) is 14.3 Å². The molecular weight excluding hydrogens is 354 g/mol. The molecule has 134 valence electrons. The predicted molar refractivity (Wildman–Crippen MR) is 94.1 cm³/mol. The lowest BCUT2D eigenvalue weighted by molar-refractivity contribution is 0.339. The molecule has 0 saturated heterocycles. The van der Waals surface area contributed by atoms with Gasteiger partial charge in [0, 0.05) is 12.7 Å². The van der Waals surface area contributed by atoms with Crippen LogP contribution in [0.5, 0.6) is 11.5 Å². The van der Waals surface area contributed by atoms with E-state index in [0.29, 0.717) is 17.3 Å². The van der Waals surface area contributed by atoms with Crippen molar-refractivity contribution in [1.29, 1.82) is 0 Å². The Labute approximate surface area is 151 Å². The van der Waals surface area contributed by atoms with Crippen LogP contribution >= 0.6 is 0 Å². The smallest absolute Gasteiger partial charge is 0.215 e. The third-order valence-corrected chi connectivity index (χ3v) is 6.12. The number of ether oxygens (including phenoxy) is 1. The van der Waals surface area contributed by atoms with Gasteiger partial charge in [0.05, 0.1) is 18.1 Å². The molecule has 1 aliphatic rings. The van der Waals surface area contributed by atoms with Gasteiger partial charge in [0.15, 0.2) is 6.39 Å². The van der Waals surface area contributed by atoms with Crippen LogP contribution in [0.15, 0.2) is 59.7 Å². The molecule has 0 spiro atoms. The van der Waals surface area contributed by atoms with Crippen LogP contribution in [0.25, 0.3) is 0 Å². The fourth-order valence-corrected chi connectivity index (χ4v) is 4.29. The zero-order valence-electron chi connectivity index (χ0n) is 14.1. The topological polar surface area (TPSA) is 85.5 Å². The van der Waals surface area contributed by atoms with Gasteiger partial charge in [-0.1, -0.05) is 6.07 Å². The fourth-order valence-electron chi connectivity index (χ4n) is 3.09. The van der Waals surface area contributed by atoms with Crippen LogP contribution in [0.3, 0.4) is 0 Å². The summed E-state index contributed by atoms with van der Waals surface area (Å²) in [4.78, 5) is 7.96. The maximum atomic E-state index is 12.6. The molecule has 1 aromatic carbocycles. The van der Waals surface area contributed by atoms with Crippen LogP contribution in [0.4, 0.5) is 0 Å². The zero-order chi connectivity index (χ0) is 18.1. The number of nitrogens with zero attached hydrogens (tertiary/aromatic N) is 3. The van der Waals surface area contributed by atoms with Crippen LogP contribution in [0.1, 0.15) is 29.9 Å². The Kier molecular flexibility index (Phi) is 4.21. The Morgan fingerprint density at radius 1 is 1.23 bits per heavy atom. The number of pyridine rings is 1. The molecule has 3 aromatic rings. The maximum Gasteiger partial charge on any atom is 0.215 e. The van der Waals surface area contributed by atoms with Crippen molar-refractivity contribution < 1.29 is 17.6 Å². The third kappa shape index (κ3) is 2.97. The van der Waals surface area contributed by atoms with E-state index in [1.165, 1.54) is 10.7 Å². The number of oxazole rings is 1. The van der Waals surface area contributed by atoms with Gasteiger partial charge in [-0.3, -0.25) is 4.98 Å². The van der Waals surface area contributed by atoms with Gasteiger partial charge in [-0.2, -0.15) is 4.31 Å². The molecule has 4 rings (SSSR count). The number of benzene rings is 1. The van der Waals surface area contributed by atoms with Gasteiger partial charge in [-0.15, -0.1) is 0 Å². The number of hydrogen-bond donors (Lipinski definition) is 0. The first-order chi connectivity index (χ1) is 12.6. The molecule has 26 heavy (non-hydrogen) atoms. The Bertz CT molecular complexity index is 1000. The SMILES string of the molecule is CCS(=O)(=O)N1Cc2cc(Oc3cccnc3)ccc2[C@@H]1c1cnco1. The van der Waals surface area contributed by atoms with Crippen molar-refractivity contribution in [3.63, 3.8) is 0 Å². The van der Waals surface area contributed by atoms with E-state index >= 15 is 0 Å². The van der Waals surface area contributed by atoms with Crippen molar-refractivity contribution in [2.24, 2.45) is 0 Å². The van der Waals surface area contributed by atoms with Gasteiger partial charge < -0.3 is 9.15 Å². The number of rotatable bonds is 5. The molecule has 2 aromatic heterocycles. The first-order valence-corrected chi connectivity index (χ1v) is 9.78. The largest absolute Gasteiger partial charge is 0.456 e. The minimum absolute atomic E-state index is 0.0185. The molecule has 0 aliphatic carbocycles. The number of aromatic nitrogens is 2. The lowest BCUT2D eigenvalue weighted by atomic mass is 10.0. The standard InChI is InChI=1S/C18H17N3O4S/c1-2-26(22,23)21-11-13-8-14(25-15-4-3-7-19-9-15)5-6-16(13)18(21)17-10-20-12-24-17/h3-10,12,18H,2,11H2,1H3/t18-/m1/s1. The van der Waals surface area contributed by atoms with E-state index in [1.54, 1.807) is 31.6 Å². The second kappa shape index (κ2) is 6.54. The van der Waals surface area contributed by atoms with Gasteiger partial charge >= 0.3 is 0 Å². The molecule has 1 aliphatic heterocycles. The maximum absolute atomic E-state index is 12.6. The fraction of sp³-hybridized carbons (Fsp3) is 0.222. The lowest BCUT2D eigenvalue weighted by Gasteiger charge is -2.21. The zero-order valence-corrected chi connectivity index (χ0v) is 14.9. The van der Waals surface area contributed by atoms with Gasteiger partial charge in [0.25, 0.3) is 0 Å². The quantitative estimate of drug-likeness (QED) is 0.685. The molecular formula is C18H17N3O4S. The minimum atomic E-state index is -3.42. The van der Waals surface area contributed by atoms with Crippen LogP contribution in [0.2, 0.25) is 0 Å². The minimum Gasteiger partial charge on any atom is -0.456 e. The Balaban J connectivity index is 1.72. The summed E-state index contributed by atoms with van der Waals surface area (Å²) in [5.41, 5.74) is 1.75. The van der Waals surface area contributed by atoms with E-state index in [0.717, 1.165) is 11.1 Å². The number of fused-ring (bicyclic) bond motifs is 1. The monoisotopic (exact) mass is 371 g/mol. The average molecular weight is 371 g/mol. The number of hydrogen-bond acceptors (Lipinski definition) is 6. The first kappa shape index (κ1) is 16.7. The predicted octanol–water partition coefficient (Wildman–Crippen LogP) is 3.12. The van der Waals surface area contributed by atoms with Crippen LogP contribution in [-0.2, 0) is 16.6 Å². The molecule has 0 N–H and O–H groups in total. The summed E-state index contributed by atoms with van der Waals surface area (Å²) < 4.78 is 37.8. The van der Waals surface area contributed by atoms with Gasteiger partial charge in [-0.25, -0.2) is 13.4 Å². The van der Waals surface area contributed by atoms with Crippen molar-refractivity contribution in [2.45, 2.75) is 19.5 Å². The highest BCUT2D eigenvalue weighted by Crippen LogP contribution is 2.42. The van der Waals surface area contributed by atoms with Crippen molar-refractivity contribution in [3.8, 4) is 11.5 Å². The second-order valence-corrected chi connectivity index (χ2v) is 8.11. The van der Waals surface area contributed by atoms with Crippen LogP contribution in [-0.4, -0.2) is 28.4 Å². The van der Waals surface area contributed by atoms with Gasteiger partial charge in [0.2, 0.25) is 10.0 Å². The molecule has 0 bridgehead atoms. The Morgan fingerprint density at radius 2 is 2.12 bits per heavy atom. The normalized spacial score (nSPS) is 17.2. The van der Waals surface area contributed by atoms with Gasteiger partial charge in [0.1, 0.15) is 23.3 Å².